The van der Waals surface area contributed by atoms with Crippen LogP contribution in [0.15, 0.2) is 65.7 Å². The minimum absolute atomic E-state index is 0.181. The van der Waals surface area contributed by atoms with Gasteiger partial charge in [-0.1, -0.05) is 42.0 Å². The molecule has 1 atom stereocenters. The molecule has 5 nitrogen and oxygen atoms in total. The SMILES string of the molecule is Cc1ccc(-c2cc3c(=O)n([C@@H](C)CO)cnc3c(-c3cccc(F)c3)n2)cc1. The molecule has 0 aliphatic carbocycles. The Kier molecular flexibility index (Phi) is 4.94. The Bertz CT molecular complexity index is 1250. The van der Waals surface area contributed by atoms with E-state index in [0.717, 1.165) is 11.1 Å². The standard InChI is InChI=1S/C23H20FN3O2/c1-14-6-8-16(9-7-14)20-11-19-22(25-13-27(23(19)29)15(2)12-28)21(26-20)17-4-3-5-18(24)10-17/h3-11,13,15,28H,12H2,1-2H3/t15-/m0/s1. The van der Waals surface area contributed by atoms with E-state index in [9.17, 15) is 14.3 Å². The lowest BCUT2D eigenvalue weighted by Crippen LogP contribution is -2.25. The lowest BCUT2D eigenvalue weighted by Gasteiger charge is -2.14. The predicted octanol–water partition coefficient (Wildman–Crippen LogP) is 4.13. The Morgan fingerprint density at radius 3 is 2.55 bits per heavy atom. The number of aliphatic hydroxyl groups is 1. The van der Waals surface area contributed by atoms with E-state index >= 15 is 0 Å². The highest BCUT2D eigenvalue weighted by Crippen LogP contribution is 2.29. The molecule has 0 saturated carbocycles. The van der Waals surface area contributed by atoms with Gasteiger partial charge in [0, 0.05) is 11.1 Å². The van der Waals surface area contributed by atoms with Gasteiger partial charge >= 0.3 is 0 Å². The molecule has 0 bridgehead atoms. The van der Waals surface area contributed by atoms with Crippen molar-refractivity contribution in [2.75, 3.05) is 6.61 Å². The molecule has 0 aliphatic rings. The summed E-state index contributed by atoms with van der Waals surface area (Å²) in [7, 11) is 0. The van der Waals surface area contributed by atoms with E-state index in [1.165, 1.54) is 23.0 Å². The molecule has 2 aromatic heterocycles. The summed E-state index contributed by atoms with van der Waals surface area (Å²) < 4.78 is 15.3. The maximum Gasteiger partial charge on any atom is 0.261 e. The smallest absolute Gasteiger partial charge is 0.261 e. The van der Waals surface area contributed by atoms with Crippen LogP contribution in [0.3, 0.4) is 0 Å². The van der Waals surface area contributed by atoms with E-state index in [1.54, 1.807) is 25.1 Å². The van der Waals surface area contributed by atoms with Gasteiger partial charge in [0.25, 0.3) is 5.56 Å². The Balaban J connectivity index is 2.05. The molecule has 0 spiro atoms. The number of pyridine rings is 1. The number of fused-ring (bicyclic) bond motifs is 1. The van der Waals surface area contributed by atoms with E-state index in [4.69, 9.17) is 4.98 Å². The summed E-state index contributed by atoms with van der Waals surface area (Å²) in [6.07, 6.45) is 1.40. The molecule has 0 unspecified atom stereocenters. The van der Waals surface area contributed by atoms with Gasteiger partial charge in [-0.2, -0.15) is 0 Å². The normalized spacial score (nSPS) is 12.3. The van der Waals surface area contributed by atoms with E-state index in [1.807, 2.05) is 31.2 Å². The van der Waals surface area contributed by atoms with Gasteiger partial charge in [-0.05, 0) is 32.0 Å². The molecule has 29 heavy (non-hydrogen) atoms. The molecular weight excluding hydrogens is 369 g/mol. The summed E-state index contributed by atoms with van der Waals surface area (Å²) in [5.41, 5.74) is 3.68. The first-order chi connectivity index (χ1) is 14.0. The van der Waals surface area contributed by atoms with Gasteiger partial charge in [-0.3, -0.25) is 9.36 Å². The van der Waals surface area contributed by atoms with Crippen LogP contribution in [-0.2, 0) is 0 Å². The van der Waals surface area contributed by atoms with Crippen molar-refractivity contribution in [1.82, 2.24) is 14.5 Å². The highest BCUT2D eigenvalue weighted by Gasteiger charge is 2.16. The number of aromatic nitrogens is 3. The third kappa shape index (κ3) is 3.54. The fraction of sp³-hybridized carbons (Fsp3) is 0.174. The summed E-state index contributed by atoms with van der Waals surface area (Å²) in [4.78, 5) is 22.3. The summed E-state index contributed by atoms with van der Waals surface area (Å²) in [5, 5.41) is 9.84. The summed E-state index contributed by atoms with van der Waals surface area (Å²) in [6.45, 7) is 3.55. The van der Waals surface area contributed by atoms with Crippen molar-refractivity contribution >= 4 is 10.9 Å². The van der Waals surface area contributed by atoms with Crippen LogP contribution in [0.1, 0.15) is 18.5 Å². The molecule has 146 valence electrons. The van der Waals surface area contributed by atoms with Crippen LogP contribution in [0, 0.1) is 12.7 Å². The number of aliphatic hydroxyl groups excluding tert-OH is 1. The molecule has 4 rings (SSSR count). The summed E-state index contributed by atoms with van der Waals surface area (Å²) in [5.74, 6) is -0.388. The van der Waals surface area contributed by atoms with Crippen LogP contribution >= 0.6 is 0 Å². The maximum absolute atomic E-state index is 13.9. The van der Waals surface area contributed by atoms with Gasteiger partial charge < -0.3 is 5.11 Å². The Morgan fingerprint density at radius 2 is 1.86 bits per heavy atom. The zero-order chi connectivity index (χ0) is 20.5. The zero-order valence-corrected chi connectivity index (χ0v) is 16.1. The number of halogens is 1. The largest absolute Gasteiger partial charge is 0.394 e. The van der Waals surface area contributed by atoms with Crippen molar-refractivity contribution < 1.29 is 9.50 Å². The first-order valence-electron chi connectivity index (χ1n) is 9.33. The topological polar surface area (TPSA) is 68.0 Å². The van der Waals surface area contributed by atoms with Crippen LogP contribution in [0.4, 0.5) is 4.39 Å². The highest BCUT2D eigenvalue weighted by atomic mass is 19.1. The van der Waals surface area contributed by atoms with Crippen molar-refractivity contribution in [3.05, 3.63) is 82.7 Å². The number of benzene rings is 2. The molecule has 0 amide bonds. The van der Waals surface area contributed by atoms with E-state index in [2.05, 4.69) is 4.98 Å². The number of hydrogen-bond acceptors (Lipinski definition) is 4. The van der Waals surface area contributed by atoms with Gasteiger partial charge in [0.15, 0.2) is 0 Å². The lowest BCUT2D eigenvalue weighted by atomic mass is 10.0. The van der Waals surface area contributed by atoms with Gasteiger partial charge in [0.2, 0.25) is 0 Å². The molecule has 1 N–H and O–H groups in total. The average Bonchev–Trinajstić information content (AvgIpc) is 2.73. The van der Waals surface area contributed by atoms with E-state index in [-0.39, 0.29) is 18.0 Å². The van der Waals surface area contributed by atoms with Gasteiger partial charge in [0.05, 0.1) is 35.8 Å². The maximum atomic E-state index is 13.9. The van der Waals surface area contributed by atoms with Gasteiger partial charge in [0.1, 0.15) is 11.3 Å². The van der Waals surface area contributed by atoms with Crippen LogP contribution in [0.2, 0.25) is 0 Å². The monoisotopic (exact) mass is 389 g/mol. The molecule has 0 fully saturated rings. The minimum Gasteiger partial charge on any atom is -0.394 e. The molecule has 0 saturated heterocycles. The molecule has 6 heteroatoms. The number of aryl methyl sites for hydroxylation is 1. The average molecular weight is 389 g/mol. The molecule has 0 aliphatic heterocycles. The molecular formula is C23H20FN3O2. The molecule has 2 aromatic carbocycles. The van der Waals surface area contributed by atoms with Crippen LogP contribution < -0.4 is 5.56 Å². The van der Waals surface area contributed by atoms with Crippen LogP contribution in [0.5, 0.6) is 0 Å². The van der Waals surface area contributed by atoms with Crippen LogP contribution in [0.25, 0.3) is 33.4 Å². The highest BCUT2D eigenvalue weighted by molar-refractivity contribution is 5.93. The minimum atomic E-state index is -0.409. The zero-order valence-electron chi connectivity index (χ0n) is 16.1. The van der Waals surface area contributed by atoms with Crippen molar-refractivity contribution in [3.8, 4) is 22.5 Å². The molecule has 0 radical (unpaired) electrons. The first-order valence-corrected chi connectivity index (χ1v) is 9.33. The van der Waals surface area contributed by atoms with Gasteiger partial charge in [-0.15, -0.1) is 0 Å². The van der Waals surface area contributed by atoms with E-state index in [0.29, 0.717) is 27.9 Å². The third-order valence-corrected chi connectivity index (χ3v) is 4.95. The quantitative estimate of drug-likeness (QED) is 0.570. The fourth-order valence-corrected chi connectivity index (χ4v) is 3.25. The van der Waals surface area contributed by atoms with Crippen molar-refractivity contribution in [1.29, 1.82) is 0 Å². The number of rotatable bonds is 4. The number of hydrogen-bond donors (Lipinski definition) is 1. The van der Waals surface area contributed by atoms with Crippen molar-refractivity contribution in [2.24, 2.45) is 0 Å². The lowest BCUT2D eigenvalue weighted by molar-refractivity contribution is 0.236. The molecule has 2 heterocycles. The molecule has 4 aromatic rings. The second kappa shape index (κ2) is 7.56. The van der Waals surface area contributed by atoms with Gasteiger partial charge in [-0.25, -0.2) is 14.4 Å². The summed E-state index contributed by atoms with van der Waals surface area (Å²) >= 11 is 0. The Labute approximate surface area is 167 Å². The van der Waals surface area contributed by atoms with Crippen molar-refractivity contribution in [3.63, 3.8) is 0 Å². The predicted molar refractivity (Wildman–Crippen MR) is 111 cm³/mol. The fourth-order valence-electron chi connectivity index (χ4n) is 3.25. The third-order valence-electron chi connectivity index (χ3n) is 4.95. The number of nitrogens with zero attached hydrogens (tertiary/aromatic N) is 3. The second-order valence-corrected chi connectivity index (χ2v) is 7.12. The summed E-state index contributed by atoms with van der Waals surface area (Å²) in [6, 6.07) is 15.2. The van der Waals surface area contributed by atoms with Crippen LogP contribution in [-0.4, -0.2) is 26.2 Å². The van der Waals surface area contributed by atoms with Crippen molar-refractivity contribution in [2.45, 2.75) is 19.9 Å². The second-order valence-electron chi connectivity index (χ2n) is 7.12. The Hall–Kier alpha value is -3.38. The first kappa shape index (κ1) is 19.0. The Morgan fingerprint density at radius 1 is 1.10 bits per heavy atom. The van der Waals surface area contributed by atoms with E-state index < -0.39 is 6.04 Å².